The zero-order valence-electron chi connectivity index (χ0n) is 15.0. The van der Waals surface area contributed by atoms with Gasteiger partial charge in [-0.05, 0) is 34.7 Å². The van der Waals surface area contributed by atoms with Crippen LogP contribution in [0.25, 0.3) is 10.8 Å². The molecule has 2 aromatic carbocycles. The van der Waals surface area contributed by atoms with E-state index in [4.69, 9.17) is 0 Å². The monoisotopic (exact) mass is 356 g/mol. The number of benzene rings is 2. The average molecular weight is 356 g/mol. The molecule has 2 rings (SSSR count). The van der Waals surface area contributed by atoms with Gasteiger partial charge in [0.25, 0.3) is 0 Å². The highest BCUT2D eigenvalue weighted by Crippen LogP contribution is 2.20. The third kappa shape index (κ3) is 5.58. The molecule has 0 aromatic heterocycles. The van der Waals surface area contributed by atoms with E-state index in [-0.39, 0.29) is 12.5 Å². The van der Waals surface area contributed by atoms with Crippen LogP contribution in [0.3, 0.4) is 0 Å². The summed E-state index contributed by atoms with van der Waals surface area (Å²) in [6.07, 6.45) is 1.08. The van der Waals surface area contributed by atoms with Crippen molar-refractivity contribution in [3.8, 4) is 0 Å². The van der Waals surface area contributed by atoms with E-state index < -0.39 is 17.9 Å². The highest BCUT2D eigenvalue weighted by molar-refractivity contribution is 5.90. The van der Waals surface area contributed by atoms with Gasteiger partial charge < -0.3 is 15.7 Å². The molecular formula is C20H24N2O4. The van der Waals surface area contributed by atoms with Gasteiger partial charge >= 0.3 is 5.97 Å². The molecule has 1 atom stereocenters. The van der Waals surface area contributed by atoms with Crippen molar-refractivity contribution in [2.75, 3.05) is 6.54 Å². The van der Waals surface area contributed by atoms with Crippen LogP contribution in [0.1, 0.15) is 38.3 Å². The van der Waals surface area contributed by atoms with Crippen LogP contribution in [0.5, 0.6) is 0 Å². The standard InChI is InChI=1S/C20H24N2O4/c1-13(2)7-10-17(23)21-12-18(24)22-19(20(25)26)16-9-8-14-5-3-4-6-15(14)11-16/h3-6,8-9,11,13,19H,7,10,12H2,1-2H3,(H,21,23)(H,22,24)(H,25,26). The van der Waals surface area contributed by atoms with Gasteiger partial charge in [-0.2, -0.15) is 0 Å². The molecule has 0 aliphatic heterocycles. The van der Waals surface area contributed by atoms with Crippen molar-refractivity contribution in [2.24, 2.45) is 5.92 Å². The summed E-state index contributed by atoms with van der Waals surface area (Å²) in [6.45, 7) is 3.79. The van der Waals surface area contributed by atoms with Crippen molar-refractivity contribution in [1.29, 1.82) is 0 Å². The number of hydrogen-bond acceptors (Lipinski definition) is 3. The minimum Gasteiger partial charge on any atom is -0.479 e. The molecule has 3 N–H and O–H groups in total. The fourth-order valence-electron chi connectivity index (χ4n) is 2.57. The van der Waals surface area contributed by atoms with Crippen LogP contribution < -0.4 is 10.6 Å². The summed E-state index contributed by atoms with van der Waals surface area (Å²) in [7, 11) is 0. The Kier molecular flexibility index (Phi) is 6.72. The average Bonchev–Trinajstić information content (AvgIpc) is 2.62. The fraction of sp³-hybridized carbons (Fsp3) is 0.350. The summed E-state index contributed by atoms with van der Waals surface area (Å²) < 4.78 is 0. The number of aliphatic carboxylic acids is 1. The number of carboxylic acid groups (broad SMARTS) is 1. The van der Waals surface area contributed by atoms with Gasteiger partial charge in [-0.15, -0.1) is 0 Å². The van der Waals surface area contributed by atoms with E-state index in [0.29, 0.717) is 17.9 Å². The number of rotatable bonds is 8. The van der Waals surface area contributed by atoms with Crippen molar-refractivity contribution in [2.45, 2.75) is 32.7 Å². The molecule has 138 valence electrons. The maximum absolute atomic E-state index is 12.0. The number of amides is 2. The Labute approximate surface area is 152 Å². The summed E-state index contributed by atoms with van der Waals surface area (Å²) >= 11 is 0. The lowest BCUT2D eigenvalue weighted by Crippen LogP contribution is -2.41. The summed E-state index contributed by atoms with van der Waals surface area (Å²) in [5, 5.41) is 16.3. The predicted octanol–water partition coefficient (Wildman–Crippen LogP) is 2.63. The third-order valence-electron chi connectivity index (χ3n) is 4.05. The second kappa shape index (κ2) is 8.99. The van der Waals surface area contributed by atoms with E-state index in [1.54, 1.807) is 12.1 Å². The molecule has 2 aromatic rings. The van der Waals surface area contributed by atoms with Gasteiger partial charge in [0.05, 0.1) is 6.54 Å². The SMILES string of the molecule is CC(C)CCC(=O)NCC(=O)NC(C(=O)O)c1ccc2ccccc2c1. The van der Waals surface area contributed by atoms with Crippen molar-refractivity contribution >= 4 is 28.6 Å². The van der Waals surface area contributed by atoms with E-state index in [2.05, 4.69) is 10.6 Å². The molecule has 0 saturated heterocycles. The molecule has 0 aliphatic carbocycles. The Morgan fingerprint density at radius 3 is 2.35 bits per heavy atom. The van der Waals surface area contributed by atoms with E-state index in [1.165, 1.54) is 0 Å². The number of carboxylic acids is 1. The summed E-state index contributed by atoms with van der Waals surface area (Å²) in [6, 6.07) is 11.7. The minimum atomic E-state index is -1.17. The minimum absolute atomic E-state index is 0.216. The summed E-state index contributed by atoms with van der Waals surface area (Å²) in [4.78, 5) is 35.3. The first-order valence-corrected chi connectivity index (χ1v) is 8.64. The smallest absolute Gasteiger partial charge is 0.330 e. The first-order valence-electron chi connectivity index (χ1n) is 8.64. The molecule has 6 nitrogen and oxygen atoms in total. The summed E-state index contributed by atoms with van der Waals surface area (Å²) in [5.41, 5.74) is 0.482. The highest BCUT2D eigenvalue weighted by atomic mass is 16.4. The van der Waals surface area contributed by atoms with Crippen molar-refractivity contribution < 1.29 is 19.5 Å². The van der Waals surface area contributed by atoms with Crippen molar-refractivity contribution in [1.82, 2.24) is 10.6 Å². The molecule has 1 unspecified atom stereocenters. The molecular weight excluding hydrogens is 332 g/mol. The van der Waals surface area contributed by atoms with Gasteiger partial charge in [-0.1, -0.05) is 50.2 Å². The maximum Gasteiger partial charge on any atom is 0.330 e. The van der Waals surface area contributed by atoms with E-state index in [9.17, 15) is 19.5 Å². The zero-order valence-corrected chi connectivity index (χ0v) is 15.0. The van der Waals surface area contributed by atoms with Crippen LogP contribution in [0.4, 0.5) is 0 Å². The van der Waals surface area contributed by atoms with Gasteiger partial charge in [0, 0.05) is 6.42 Å². The maximum atomic E-state index is 12.0. The number of nitrogens with one attached hydrogen (secondary N) is 2. The summed E-state index contributed by atoms with van der Waals surface area (Å²) in [5.74, 6) is -1.51. The van der Waals surface area contributed by atoms with Crippen molar-refractivity contribution in [3.63, 3.8) is 0 Å². The largest absolute Gasteiger partial charge is 0.479 e. The molecule has 2 amide bonds. The zero-order chi connectivity index (χ0) is 19.1. The second-order valence-electron chi connectivity index (χ2n) is 6.65. The molecule has 6 heteroatoms. The van der Waals surface area contributed by atoms with E-state index in [0.717, 1.165) is 17.2 Å². The molecule has 0 fully saturated rings. The molecule has 0 heterocycles. The van der Waals surface area contributed by atoms with Crippen LogP contribution >= 0.6 is 0 Å². The van der Waals surface area contributed by atoms with E-state index in [1.807, 2.05) is 44.2 Å². The highest BCUT2D eigenvalue weighted by Gasteiger charge is 2.22. The number of carbonyl (C=O) groups excluding carboxylic acids is 2. The molecule has 0 saturated carbocycles. The molecule has 26 heavy (non-hydrogen) atoms. The van der Waals surface area contributed by atoms with E-state index >= 15 is 0 Å². The van der Waals surface area contributed by atoms with Crippen molar-refractivity contribution in [3.05, 3.63) is 48.0 Å². The normalized spacial score (nSPS) is 12.0. The lowest BCUT2D eigenvalue weighted by Gasteiger charge is -2.16. The Hall–Kier alpha value is -2.89. The molecule has 0 spiro atoms. The molecule has 0 radical (unpaired) electrons. The number of fused-ring (bicyclic) bond motifs is 1. The predicted molar refractivity (Wildman–Crippen MR) is 99.5 cm³/mol. The fourth-order valence-corrected chi connectivity index (χ4v) is 2.57. The topological polar surface area (TPSA) is 95.5 Å². The third-order valence-corrected chi connectivity index (χ3v) is 4.05. The second-order valence-corrected chi connectivity index (χ2v) is 6.65. The van der Waals surface area contributed by atoms with Crippen LogP contribution in [0, 0.1) is 5.92 Å². The number of hydrogen-bond donors (Lipinski definition) is 3. The lowest BCUT2D eigenvalue weighted by atomic mass is 10.0. The first kappa shape index (κ1) is 19.4. The Morgan fingerprint density at radius 2 is 1.69 bits per heavy atom. The van der Waals surface area contributed by atoms with Gasteiger partial charge in [0.1, 0.15) is 0 Å². The lowest BCUT2D eigenvalue weighted by molar-refractivity contribution is -0.141. The van der Waals surface area contributed by atoms with Gasteiger partial charge in [0.2, 0.25) is 11.8 Å². The molecule has 0 bridgehead atoms. The van der Waals surface area contributed by atoms with Crippen LogP contribution in [0.15, 0.2) is 42.5 Å². The van der Waals surface area contributed by atoms with Crippen LogP contribution in [-0.4, -0.2) is 29.4 Å². The molecule has 0 aliphatic rings. The van der Waals surface area contributed by atoms with Gasteiger partial charge in [0.15, 0.2) is 6.04 Å². The quantitative estimate of drug-likeness (QED) is 0.677. The Bertz CT molecular complexity index is 801. The van der Waals surface area contributed by atoms with Crippen LogP contribution in [-0.2, 0) is 14.4 Å². The Balaban J connectivity index is 1.99. The van der Waals surface area contributed by atoms with Gasteiger partial charge in [-0.25, -0.2) is 4.79 Å². The van der Waals surface area contributed by atoms with Crippen LogP contribution in [0.2, 0.25) is 0 Å². The number of carbonyl (C=O) groups is 3. The Morgan fingerprint density at radius 1 is 1.00 bits per heavy atom. The first-order chi connectivity index (χ1) is 12.4. The van der Waals surface area contributed by atoms with Gasteiger partial charge in [-0.3, -0.25) is 9.59 Å².